The molecule has 0 aromatic heterocycles. The monoisotopic (exact) mass is 1740 g/mol. The Morgan fingerprint density at radius 2 is 0.550 bits per heavy atom. The van der Waals surface area contributed by atoms with E-state index in [1.54, 1.807) is 55.4 Å². The molecule has 0 aliphatic carbocycles. The van der Waals surface area contributed by atoms with Crippen molar-refractivity contribution in [3.8, 4) is 46.0 Å². The molecule has 4 aromatic carbocycles. The molecule has 0 spiro atoms. The number of hydrogen-bond donors (Lipinski definition) is 4. The van der Waals surface area contributed by atoms with Gasteiger partial charge in [-0.3, -0.25) is 38.8 Å². The summed E-state index contributed by atoms with van der Waals surface area (Å²) in [6, 6.07) is -26.6. The molecule has 8 heterocycles. The van der Waals surface area contributed by atoms with Crippen LogP contribution in [0.1, 0.15) is 321 Å². The summed E-state index contributed by atoms with van der Waals surface area (Å²) in [5.74, 6) is -33.6. The normalized spacial score (nSPS) is 41.2. The molecule has 16 atom stereocenters. The maximum absolute atomic E-state index is 13.6. The Bertz CT molecular complexity index is 6690. The molecule has 0 amide bonds. The van der Waals surface area contributed by atoms with E-state index >= 15 is 0 Å². The topological polar surface area (TPSA) is 296 Å². The summed E-state index contributed by atoms with van der Waals surface area (Å²) in [7, 11) is 0.347. The number of carbonyl (C=O) groups is 4. The lowest BCUT2D eigenvalue weighted by Gasteiger charge is -2.47. The molecule has 0 saturated carbocycles. The third-order valence-corrected chi connectivity index (χ3v) is 20.4. The van der Waals surface area contributed by atoms with Crippen LogP contribution in [-0.2, 0) is 63.6 Å². The number of rotatable bonds is 28. The standard InChI is InChI=1S/4C24H38N2O4/c4*1-14(2)9-17-13-26-8-7-16-10-21(28-5)22(29-6)11-18(16)19(26)12-20(17)30-24(27)23(25)15(3)4/h4*10-11,14-15,17,19-20,23H,7-9,12-13,25H2,1-6H3/t4*17?,19?,20?,23-/m0000/s1/i2*3D3,4D3,5D3,7D2,8D2,10D,11D,15D,20D,23D;2*3D3,4D3,7D2,8D2,10D,11D,15D,20D,23D. The second kappa shape index (κ2) is 43.9. The van der Waals surface area contributed by atoms with Crippen molar-refractivity contribution in [1.29, 1.82) is 0 Å². The molecule has 672 valence electrons. The fraction of sp³-hybridized carbons (Fsp3) is 0.708. The molecule has 0 radical (unpaired) electrons. The number of nitrogens with zero attached hydrogens (tertiary/aromatic N) is 4. The van der Waals surface area contributed by atoms with E-state index in [1.165, 1.54) is 14.2 Å². The van der Waals surface area contributed by atoms with Gasteiger partial charge in [-0.2, -0.15) is 0 Å². The fourth-order valence-corrected chi connectivity index (χ4v) is 14.8. The summed E-state index contributed by atoms with van der Waals surface area (Å²) < 4.78 is 608. The minimum atomic E-state index is -3.94. The van der Waals surface area contributed by atoms with Gasteiger partial charge in [-0.1, -0.05) is 110 Å². The zero-order valence-electron chi connectivity index (χ0n) is 135. The Labute approximate surface area is 811 Å². The third kappa shape index (κ3) is 23.8. The van der Waals surface area contributed by atoms with Gasteiger partial charge in [-0.05, 0) is 191 Å². The number of nitrogens with two attached hydrogens (primary N) is 4. The quantitative estimate of drug-likeness (QED) is 0.0303. The maximum Gasteiger partial charge on any atom is 0.323 e. The van der Waals surface area contributed by atoms with Gasteiger partial charge in [0.15, 0.2) is 46.0 Å². The van der Waals surface area contributed by atoms with Crippen LogP contribution in [0.25, 0.3) is 0 Å². The molecular formula is C96H152N8O16. The van der Waals surface area contributed by atoms with Gasteiger partial charge in [-0.25, -0.2) is 0 Å². The molecule has 4 aromatic rings. The zero-order valence-corrected chi connectivity index (χ0v) is 69.0. The number of hydrogen-bond acceptors (Lipinski definition) is 24. The second-order valence-corrected chi connectivity index (χ2v) is 30.5. The van der Waals surface area contributed by atoms with Crippen LogP contribution in [0.4, 0.5) is 0 Å². The molecule has 8 aliphatic rings. The minimum Gasteiger partial charge on any atom is -0.493 e. The Hall–Kier alpha value is -7.16. The van der Waals surface area contributed by atoms with Crippen LogP contribution < -0.4 is 60.8 Å². The van der Waals surface area contributed by atoms with Crippen LogP contribution in [0, 0.1) is 70.9 Å². The van der Waals surface area contributed by atoms with E-state index in [2.05, 4.69) is 0 Å². The summed E-state index contributed by atoms with van der Waals surface area (Å²) in [6.45, 7) is -30.4. The first-order valence-electron chi connectivity index (χ1n) is 71.2. The molecule has 8 aliphatic heterocycles. The summed E-state index contributed by atoms with van der Waals surface area (Å²) in [5.41, 5.74) is 18.9. The summed E-state index contributed by atoms with van der Waals surface area (Å²) in [5, 5.41) is 0. The van der Waals surface area contributed by atoms with Crippen molar-refractivity contribution >= 4 is 23.9 Å². The van der Waals surface area contributed by atoms with E-state index in [4.69, 9.17) is 165 Å². The first-order chi connectivity index (χ1) is 82.7. The largest absolute Gasteiger partial charge is 0.493 e. The molecule has 4 saturated heterocycles. The van der Waals surface area contributed by atoms with E-state index in [0.29, 0.717) is 0 Å². The van der Waals surface area contributed by atoms with Crippen molar-refractivity contribution in [2.45, 2.75) is 260 Å². The highest BCUT2D eigenvalue weighted by molar-refractivity contribution is 5.77. The first-order valence-corrected chi connectivity index (χ1v) is 38.2. The number of benzene rings is 4. The van der Waals surface area contributed by atoms with Crippen LogP contribution in [0.15, 0.2) is 48.3 Å². The van der Waals surface area contributed by atoms with Crippen LogP contribution in [0.2, 0.25) is 0 Å². The van der Waals surface area contributed by atoms with Gasteiger partial charge in [0.05, 0.1) is 86.9 Å². The van der Waals surface area contributed by atoms with E-state index in [-0.39, 0.29) is 83.5 Å². The summed E-state index contributed by atoms with van der Waals surface area (Å²) in [6.07, 6.45) is -25.0. The Kier molecular flexibility index (Phi) is 14.8. The lowest BCUT2D eigenvalue weighted by molar-refractivity contribution is -0.161. The predicted molar refractivity (Wildman–Crippen MR) is 471 cm³/mol. The van der Waals surface area contributed by atoms with Gasteiger partial charge in [0, 0.05) is 186 Å². The van der Waals surface area contributed by atoms with E-state index < -0.39 is 421 Å². The lowest BCUT2D eigenvalue weighted by atomic mass is 9.79. The molecular weight excluding hydrogens is 1520 g/mol. The Morgan fingerprint density at radius 3 is 0.725 bits per heavy atom. The highest BCUT2D eigenvalue weighted by Gasteiger charge is 2.47. The molecule has 12 unspecified atom stereocenters. The van der Waals surface area contributed by atoms with Gasteiger partial charge in [-0.15, -0.1) is 0 Å². The molecule has 24 nitrogen and oxygen atoms in total. The number of ether oxygens (including phenoxy) is 12. The van der Waals surface area contributed by atoms with Crippen molar-refractivity contribution in [2.24, 2.45) is 93.9 Å². The fourth-order valence-electron chi connectivity index (χ4n) is 14.8. The lowest BCUT2D eigenvalue weighted by Crippen LogP contribution is -2.51. The average Bonchev–Trinajstić information content (AvgIpc) is 0.689. The third-order valence-electron chi connectivity index (χ3n) is 20.4. The van der Waals surface area contributed by atoms with E-state index in [1.807, 2.05) is 0 Å². The number of carbonyl (C=O) groups excluding carboxylic acids is 4. The molecule has 24 heteroatoms. The molecule has 4 fully saturated rings. The maximum atomic E-state index is 13.6. The predicted octanol–water partition coefficient (Wildman–Crippen LogP) is 14.3. The molecule has 12 rings (SSSR count). The first kappa shape index (κ1) is 40.4. The minimum absolute atomic E-state index is 0.00181. The van der Waals surface area contributed by atoms with Crippen molar-refractivity contribution < 1.29 is 166 Å². The molecule has 0 bridgehead atoms. The molecule has 120 heavy (non-hydrogen) atoms. The van der Waals surface area contributed by atoms with E-state index in [9.17, 15) is 24.7 Å². The van der Waals surface area contributed by atoms with Crippen LogP contribution in [0.3, 0.4) is 0 Å². The van der Waals surface area contributed by atoms with Crippen molar-refractivity contribution in [2.75, 3.05) is 109 Å². The highest BCUT2D eigenvalue weighted by Crippen LogP contribution is 2.50. The van der Waals surface area contributed by atoms with Crippen LogP contribution in [0.5, 0.6) is 46.0 Å². The number of fused-ring (bicyclic) bond motifs is 12. The van der Waals surface area contributed by atoms with Gasteiger partial charge in [0.2, 0.25) is 0 Å². The highest BCUT2D eigenvalue weighted by atomic mass is 16.6. The number of methoxy groups -OCH3 is 8. The van der Waals surface area contributed by atoms with Crippen molar-refractivity contribution in [3.63, 3.8) is 0 Å². The summed E-state index contributed by atoms with van der Waals surface area (Å²) in [4.78, 5) is 58.3. The van der Waals surface area contributed by atoms with E-state index in [0.717, 1.165) is 48.0 Å². The second-order valence-electron chi connectivity index (χ2n) is 30.5. The Balaban J connectivity index is 0.000000270. The van der Waals surface area contributed by atoms with Gasteiger partial charge < -0.3 is 79.8 Å². The van der Waals surface area contributed by atoms with Crippen molar-refractivity contribution in [3.05, 3.63) is 92.8 Å². The zero-order chi connectivity index (χ0) is 145. The number of piperidine rings is 4. The molecule has 8 N–H and O–H groups in total. The summed E-state index contributed by atoms with van der Waals surface area (Å²) >= 11 is 0. The van der Waals surface area contributed by atoms with Crippen LogP contribution in [-0.4, -0.2) is 201 Å². The SMILES string of the molecule is [2H]c1c(OC)c(OC([2H])([2H])[2H])c([2H])c2c1C1CC([2H])(OC(=O)[C@@]([2H])(N)C([2H])(C([2H])([2H])[2H])C([2H])([2H])[2H])C(CC(C)C)CN1C([2H])([2H])C2([2H])[2H].[2H]c1c(OC)c(OC([2H])([2H])[2H])c([2H])c2c1C1CC([2H])(OC(=O)[C@@]([2H])(N)C([2H])(C([2H])([2H])[2H])C([2H])([2H])[2H])C(CC(C)C)CN1C([2H])([2H])C2([2H])[2H].[2H]c1c(OC)c(OC)c([2H])c2c1C1CC([2H])(OC(=O)[C@@]([2H])(N)C([2H])(C([2H])([2H])[2H])C([2H])([2H])[2H])C(CC(C)C)CN1C([2H])([2H])C2([2H])[2H].[2H]c1c(OC)c(OC)c([2H])c2c1C1CC([2H])(OC(=O)[C@@]([2H])(N)C([2H])(C([2H])([2H])[2H])C([2H])([2H])[2H])C(CC(C)C)CN1C([2H])([2H])C2([2H])[2H]. The average molecular weight is 1740 g/mol. The van der Waals surface area contributed by atoms with Gasteiger partial charge in [0.25, 0.3) is 0 Å². The number of esters is 4. The van der Waals surface area contributed by atoms with Crippen LogP contribution >= 0.6 is 0 Å². The Morgan fingerprint density at radius 1 is 0.358 bits per heavy atom. The smallest absolute Gasteiger partial charge is 0.323 e. The van der Waals surface area contributed by atoms with Gasteiger partial charge >= 0.3 is 23.9 Å². The van der Waals surface area contributed by atoms with Crippen molar-refractivity contribution in [1.82, 2.24) is 19.6 Å². The van der Waals surface area contributed by atoms with Gasteiger partial charge in [0.1, 0.15) is 48.4 Å².